The lowest BCUT2D eigenvalue weighted by molar-refractivity contribution is -0.131. The van der Waals surface area contributed by atoms with E-state index in [9.17, 15) is 14.0 Å². The number of amides is 2. The number of anilines is 1. The normalized spacial score (nSPS) is 10.7. The number of hydrogen-bond donors (Lipinski definition) is 1. The Hall–Kier alpha value is -2.70. The van der Waals surface area contributed by atoms with Crippen molar-refractivity contribution >= 4 is 17.6 Å². The number of imidazole rings is 1. The van der Waals surface area contributed by atoms with E-state index in [2.05, 4.69) is 24.1 Å². The van der Waals surface area contributed by atoms with E-state index < -0.39 is 0 Å². The van der Waals surface area contributed by atoms with Crippen LogP contribution in [-0.4, -0.2) is 39.4 Å². The van der Waals surface area contributed by atoms with Crippen LogP contribution in [0.25, 0.3) is 11.3 Å². The van der Waals surface area contributed by atoms with Crippen molar-refractivity contribution in [1.29, 1.82) is 0 Å². The summed E-state index contributed by atoms with van der Waals surface area (Å²) in [6, 6.07) is 5.98. The zero-order valence-electron chi connectivity index (χ0n) is 16.9. The maximum absolute atomic E-state index is 13.2. The molecule has 2 amide bonds. The van der Waals surface area contributed by atoms with Gasteiger partial charge in [-0.25, -0.2) is 9.37 Å². The Labute approximate surface area is 165 Å². The summed E-state index contributed by atoms with van der Waals surface area (Å²) >= 11 is 0. The molecule has 28 heavy (non-hydrogen) atoms. The Balaban J connectivity index is 1.92. The van der Waals surface area contributed by atoms with Gasteiger partial charge in [0.15, 0.2) is 0 Å². The molecule has 1 aromatic heterocycles. The molecular weight excluding hydrogens is 359 g/mol. The maximum Gasteiger partial charge on any atom is 0.225 e. The quantitative estimate of drug-likeness (QED) is 0.669. The first-order valence-corrected chi connectivity index (χ1v) is 9.81. The molecule has 1 aromatic carbocycles. The predicted octanol–water partition coefficient (Wildman–Crippen LogP) is 3.98. The van der Waals surface area contributed by atoms with Crippen LogP contribution in [0.15, 0.2) is 30.6 Å². The molecule has 0 fully saturated rings. The van der Waals surface area contributed by atoms with Gasteiger partial charge in [-0.1, -0.05) is 13.8 Å². The van der Waals surface area contributed by atoms with Crippen LogP contribution in [0.2, 0.25) is 0 Å². The highest BCUT2D eigenvalue weighted by Crippen LogP contribution is 2.26. The standard InChI is InChI=1S/C21H29FN4O2/c1-4-13-26(14-5-2)19(28)8-6-7-18(27)24-21-20(23-15-25(21)3)16-9-11-17(22)12-10-16/h9-12,15H,4-8,13-14H2,1-3H3,(H,24,27). The summed E-state index contributed by atoms with van der Waals surface area (Å²) in [5.41, 5.74) is 1.31. The second-order valence-corrected chi connectivity index (χ2v) is 6.84. The van der Waals surface area contributed by atoms with E-state index in [1.54, 1.807) is 30.1 Å². The van der Waals surface area contributed by atoms with Crippen molar-refractivity contribution in [2.45, 2.75) is 46.0 Å². The monoisotopic (exact) mass is 388 g/mol. The Bertz CT molecular complexity index is 780. The number of nitrogens with one attached hydrogen (secondary N) is 1. The zero-order valence-corrected chi connectivity index (χ0v) is 16.9. The minimum atomic E-state index is -0.324. The van der Waals surface area contributed by atoms with Gasteiger partial charge in [-0.05, 0) is 43.5 Å². The number of carbonyl (C=O) groups is 2. The van der Waals surface area contributed by atoms with E-state index in [0.717, 1.165) is 31.5 Å². The van der Waals surface area contributed by atoms with E-state index in [0.29, 0.717) is 24.4 Å². The van der Waals surface area contributed by atoms with E-state index in [1.165, 1.54) is 12.1 Å². The molecule has 6 nitrogen and oxygen atoms in total. The van der Waals surface area contributed by atoms with Crippen LogP contribution in [0.5, 0.6) is 0 Å². The van der Waals surface area contributed by atoms with Crippen molar-refractivity contribution in [3.63, 3.8) is 0 Å². The summed E-state index contributed by atoms with van der Waals surface area (Å²) in [4.78, 5) is 30.8. The van der Waals surface area contributed by atoms with Gasteiger partial charge in [-0.2, -0.15) is 0 Å². The molecule has 0 aliphatic heterocycles. The molecule has 0 aliphatic carbocycles. The SMILES string of the molecule is CCCN(CCC)C(=O)CCCC(=O)Nc1c(-c2ccc(F)cc2)ncn1C. The zero-order chi connectivity index (χ0) is 20.5. The summed E-state index contributed by atoms with van der Waals surface area (Å²) in [6.45, 7) is 5.62. The number of carbonyl (C=O) groups excluding carboxylic acids is 2. The summed E-state index contributed by atoms with van der Waals surface area (Å²) in [6.07, 6.45) is 4.58. The highest BCUT2D eigenvalue weighted by molar-refractivity contribution is 5.93. The van der Waals surface area contributed by atoms with Crippen molar-refractivity contribution in [3.8, 4) is 11.3 Å². The summed E-state index contributed by atoms with van der Waals surface area (Å²) < 4.78 is 14.9. The van der Waals surface area contributed by atoms with Gasteiger partial charge in [0.1, 0.15) is 17.3 Å². The van der Waals surface area contributed by atoms with Gasteiger partial charge < -0.3 is 14.8 Å². The number of aromatic nitrogens is 2. The second kappa shape index (κ2) is 10.6. The third-order valence-electron chi connectivity index (χ3n) is 4.45. The van der Waals surface area contributed by atoms with Crippen LogP contribution in [-0.2, 0) is 16.6 Å². The molecule has 2 rings (SSSR count). The van der Waals surface area contributed by atoms with Gasteiger partial charge in [-0.15, -0.1) is 0 Å². The van der Waals surface area contributed by atoms with Gasteiger partial charge in [0, 0.05) is 38.5 Å². The smallest absolute Gasteiger partial charge is 0.225 e. The number of hydrogen-bond acceptors (Lipinski definition) is 3. The maximum atomic E-state index is 13.2. The van der Waals surface area contributed by atoms with E-state index in [-0.39, 0.29) is 24.1 Å². The fraction of sp³-hybridized carbons (Fsp3) is 0.476. The van der Waals surface area contributed by atoms with Crippen molar-refractivity contribution in [1.82, 2.24) is 14.5 Å². The molecule has 0 unspecified atom stereocenters. The highest BCUT2D eigenvalue weighted by atomic mass is 19.1. The molecule has 1 heterocycles. The van der Waals surface area contributed by atoms with E-state index >= 15 is 0 Å². The number of rotatable bonds is 10. The van der Waals surface area contributed by atoms with Gasteiger partial charge >= 0.3 is 0 Å². The summed E-state index contributed by atoms with van der Waals surface area (Å²) in [5, 5.41) is 2.87. The van der Waals surface area contributed by atoms with Crippen LogP contribution in [0.1, 0.15) is 46.0 Å². The molecule has 152 valence electrons. The average molecular weight is 388 g/mol. The second-order valence-electron chi connectivity index (χ2n) is 6.84. The molecule has 1 N–H and O–H groups in total. The number of nitrogens with zero attached hydrogens (tertiary/aromatic N) is 3. The molecule has 2 aromatic rings. The molecule has 0 radical (unpaired) electrons. The van der Waals surface area contributed by atoms with Gasteiger partial charge in [-0.3, -0.25) is 9.59 Å². The topological polar surface area (TPSA) is 67.2 Å². The van der Waals surface area contributed by atoms with Crippen LogP contribution < -0.4 is 5.32 Å². The highest BCUT2D eigenvalue weighted by Gasteiger charge is 2.16. The first kappa shape index (κ1) is 21.6. The lowest BCUT2D eigenvalue weighted by Crippen LogP contribution is -2.32. The minimum Gasteiger partial charge on any atom is -0.343 e. The van der Waals surface area contributed by atoms with E-state index in [1.807, 2.05) is 4.90 Å². The van der Waals surface area contributed by atoms with E-state index in [4.69, 9.17) is 0 Å². The number of benzene rings is 1. The van der Waals surface area contributed by atoms with Crippen LogP contribution in [0, 0.1) is 5.82 Å². The fourth-order valence-electron chi connectivity index (χ4n) is 3.05. The van der Waals surface area contributed by atoms with Crippen LogP contribution in [0.4, 0.5) is 10.2 Å². The fourth-order valence-corrected chi connectivity index (χ4v) is 3.05. The van der Waals surface area contributed by atoms with Crippen LogP contribution in [0.3, 0.4) is 0 Å². The van der Waals surface area contributed by atoms with Crippen LogP contribution >= 0.6 is 0 Å². The molecule has 0 spiro atoms. The Morgan fingerprint density at radius 3 is 2.36 bits per heavy atom. The molecule has 0 saturated carbocycles. The molecule has 0 bridgehead atoms. The third kappa shape index (κ3) is 5.90. The Kier molecular flexibility index (Phi) is 8.17. The largest absolute Gasteiger partial charge is 0.343 e. The van der Waals surface area contributed by atoms with Gasteiger partial charge in [0.25, 0.3) is 0 Å². The molecule has 0 atom stereocenters. The molecule has 7 heteroatoms. The summed E-state index contributed by atoms with van der Waals surface area (Å²) in [7, 11) is 1.78. The lowest BCUT2D eigenvalue weighted by atomic mass is 10.1. The van der Waals surface area contributed by atoms with Crippen molar-refractivity contribution in [3.05, 3.63) is 36.4 Å². The first-order chi connectivity index (χ1) is 13.5. The predicted molar refractivity (Wildman–Crippen MR) is 108 cm³/mol. The minimum absolute atomic E-state index is 0.101. The third-order valence-corrected chi connectivity index (χ3v) is 4.45. The van der Waals surface area contributed by atoms with Crippen molar-refractivity contribution in [2.75, 3.05) is 18.4 Å². The molecule has 0 aliphatic rings. The van der Waals surface area contributed by atoms with Gasteiger partial charge in [0.05, 0.1) is 6.33 Å². The van der Waals surface area contributed by atoms with Crippen molar-refractivity contribution < 1.29 is 14.0 Å². The summed E-state index contributed by atoms with van der Waals surface area (Å²) in [5.74, 6) is 0.165. The average Bonchev–Trinajstić information content (AvgIpc) is 3.02. The molecule has 0 saturated heterocycles. The Morgan fingerprint density at radius 2 is 1.75 bits per heavy atom. The van der Waals surface area contributed by atoms with Gasteiger partial charge in [0.2, 0.25) is 11.8 Å². The Morgan fingerprint density at radius 1 is 1.11 bits per heavy atom. The number of halogens is 1. The first-order valence-electron chi connectivity index (χ1n) is 9.81. The lowest BCUT2D eigenvalue weighted by Gasteiger charge is -2.21. The molecular formula is C21H29FN4O2. The van der Waals surface area contributed by atoms with Crippen molar-refractivity contribution in [2.24, 2.45) is 7.05 Å². The number of aryl methyl sites for hydroxylation is 1.